The molecule has 0 aliphatic rings. The van der Waals surface area contributed by atoms with Gasteiger partial charge in [0.15, 0.2) is 0 Å². The van der Waals surface area contributed by atoms with Gasteiger partial charge in [0.05, 0.1) is 17.2 Å². The minimum Gasteiger partial charge on any atom is -0.359 e. The van der Waals surface area contributed by atoms with Crippen LogP contribution in [0.2, 0.25) is 5.15 Å². The maximum atomic E-state index is 10.8. The van der Waals surface area contributed by atoms with E-state index in [-0.39, 0.29) is 16.7 Å². The molecule has 0 unspecified atom stereocenters. The molecule has 2 aromatic heterocycles. The molecular formula is C10H10ClN5O2. The quantitative estimate of drug-likeness (QED) is 0.520. The van der Waals surface area contributed by atoms with Crippen LogP contribution < -0.4 is 5.32 Å². The molecule has 2 aromatic rings. The Morgan fingerprint density at radius 2 is 2.28 bits per heavy atom. The molecule has 2 heterocycles. The Kier molecular flexibility index (Phi) is 3.42. The summed E-state index contributed by atoms with van der Waals surface area (Å²) in [6.45, 7) is 0.380. The number of nitrogens with one attached hydrogen (secondary N) is 1. The number of hydrogen-bond donors (Lipinski definition) is 1. The summed E-state index contributed by atoms with van der Waals surface area (Å²) in [4.78, 5) is 14.2. The van der Waals surface area contributed by atoms with Gasteiger partial charge in [-0.3, -0.25) is 14.8 Å². The highest BCUT2D eigenvalue weighted by Crippen LogP contribution is 2.24. The number of pyridine rings is 1. The van der Waals surface area contributed by atoms with Crippen LogP contribution >= 0.6 is 11.6 Å². The Hall–Kier alpha value is -2.15. The summed E-state index contributed by atoms with van der Waals surface area (Å²) in [6, 6.07) is 4.51. The molecule has 0 saturated heterocycles. The molecule has 0 spiro atoms. The fraction of sp³-hybridized carbons (Fsp3) is 0.200. The van der Waals surface area contributed by atoms with Crippen LogP contribution in [0.1, 0.15) is 5.69 Å². The van der Waals surface area contributed by atoms with Gasteiger partial charge in [-0.05, 0) is 12.1 Å². The Balaban J connectivity index is 2.20. The van der Waals surface area contributed by atoms with Crippen LogP contribution in [-0.4, -0.2) is 19.7 Å². The van der Waals surface area contributed by atoms with E-state index in [1.165, 1.54) is 12.1 Å². The molecule has 0 aliphatic carbocycles. The molecule has 0 fully saturated rings. The first kappa shape index (κ1) is 12.3. The second kappa shape index (κ2) is 5.01. The Labute approximate surface area is 108 Å². The van der Waals surface area contributed by atoms with Gasteiger partial charge in [-0.15, -0.1) is 0 Å². The maximum Gasteiger partial charge on any atom is 0.311 e. The predicted octanol–water partition coefficient (Wildman–Crippen LogP) is 1.99. The zero-order chi connectivity index (χ0) is 13.1. The lowest BCUT2D eigenvalue weighted by Gasteiger charge is -2.06. The molecule has 8 heteroatoms. The van der Waals surface area contributed by atoms with E-state index in [1.54, 1.807) is 17.9 Å². The highest BCUT2D eigenvalue weighted by molar-refractivity contribution is 6.29. The van der Waals surface area contributed by atoms with E-state index >= 15 is 0 Å². The van der Waals surface area contributed by atoms with E-state index in [2.05, 4.69) is 15.4 Å². The van der Waals surface area contributed by atoms with Crippen molar-refractivity contribution >= 4 is 23.1 Å². The van der Waals surface area contributed by atoms with E-state index < -0.39 is 4.92 Å². The Morgan fingerprint density at radius 1 is 1.50 bits per heavy atom. The molecule has 0 aromatic carbocycles. The average molecular weight is 268 g/mol. The smallest absolute Gasteiger partial charge is 0.311 e. The number of aryl methyl sites for hydroxylation is 1. The number of nitrogens with zero attached hydrogens (tertiary/aromatic N) is 4. The number of nitro groups is 1. The van der Waals surface area contributed by atoms with Gasteiger partial charge >= 0.3 is 5.69 Å². The predicted molar refractivity (Wildman–Crippen MR) is 66.4 cm³/mol. The van der Waals surface area contributed by atoms with Gasteiger partial charge in [-0.2, -0.15) is 5.10 Å². The van der Waals surface area contributed by atoms with Crippen LogP contribution in [0.25, 0.3) is 0 Å². The number of halogens is 1. The van der Waals surface area contributed by atoms with Crippen molar-refractivity contribution in [2.75, 3.05) is 5.32 Å². The van der Waals surface area contributed by atoms with Crippen LogP contribution in [0.4, 0.5) is 11.5 Å². The summed E-state index contributed by atoms with van der Waals surface area (Å²) in [5, 5.41) is 17.9. The number of aromatic nitrogens is 3. The molecule has 0 atom stereocenters. The molecule has 1 N–H and O–H groups in total. The topological polar surface area (TPSA) is 85.9 Å². The first-order chi connectivity index (χ1) is 8.58. The lowest BCUT2D eigenvalue weighted by atomic mass is 10.3. The molecule has 2 rings (SSSR count). The zero-order valence-corrected chi connectivity index (χ0v) is 10.3. The van der Waals surface area contributed by atoms with Gasteiger partial charge < -0.3 is 5.32 Å². The van der Waals surface area contributed by atoms with Gasteiger partial charge in [0.2, 0.25) is 5.82 Å². The van der Waals surface area contributed by atoms with E-state index in [1.807, 2.05) is 6.07 Å². The molecule has 18 heavy (non-hydrogen) atoms. The van der Waals surface area contributed by atoms with Crippen molar-refractivity contribution in [1.29, 1.82) is 0 Å². The summed E-state index contributed by atoms with van der Waals surface area (Å²) < 4.78 is 1.67. The Bertz CT molecular complexity index is 583. The third-order valence-corrected chi connectivity index (χ3v) is 2.61. The molecule has 0 bridgehead atoms. The highest BCUT2D eigenvalue weighted by atomic mass is 35.5. The van der Waals surface area contributed by atoms with Crippen molar-refractivity contribution in [2.24, 2.45) is 7.05 Å². The largest absolute Gasteiger partial charge is 0.359 e. The molecule has 0 aliphatic heterocycles. The molecule has 94 valence electrons. The van der Waals surface area contributed by atoms with Gasteiger partial charge in [-0.25, -0.2) is 4.98 Å². The van der Waals surface area contributed by atoms with Crippen molar-refractivity contribution in [3.05, 3.63) is 45.4 Å². The number of rotatable bonds is 4. The lowest BCUT2D eigenvalue weighted by molar-refractivity contribution is -0.384. The monoisotopic (exact) mass is 267 g/mol. The normalized spacial score (nSPS) is 10.3. The standard InChI is InChI=1S/C10H10ClN5O2/c1-15-7(4-5-13-15)6-12-10-8(16(17)18)2-3-9(11)14-10/h2-5H,6H2,1H3,(H,12,14). The number of hydrogen-bond acceptors (Lipinski definition) is 5. The van der Waals surface area contributed by atoms with Crippen molar-refractivity contribution in [2.45, 2.75) is 6.54 Å². The summed E-state index contributed by atoms with van der Waals surface area (Å²) in [5.41, 5.74) is 0.771. The van der Waals surface area contributed by atoms with Crippen molar-refractivity contribution in [3.63, 3.8) is 0 Å². The average Bonchev–Trinajstić information content (AvgIpc) is 2.72. The van der Waals surface area contributed by atoms with Gasteiger partial charge in [0.25, 0.3) is 0 Å². The number of anilines is 1. The highest BCUT2D eigenvalue weighted by Gasteiger charge is 2.15. The molecule has 0 amide bonds. The fourth-order valence-electron chi connectivity index (χ4n) is 1.45. The first-order valence-electron chi connectivity index (χ1n) is 5.09. The van der Waals surface area contributed by atoms with Crippen LogP contribution in [0.5, 0.6) is 0 Å². The van der Waals surface area contributed by atoms with E-state index in [9.17, 15) is 10.1 Å². The summed E-state index contributed by atoms with van der Waals surface area (Å²) in [7, 11) is 1.79. The third kappa shape index (κ3) is 2.57. The molecule has 7 nitrogen and oxygen atoms in total. The minimum atomic E-state index is -0.505. The summed E-state index contributed by atoms with van der Waals surface area (Å²) >= 11 is 5.72. The fourth-order valence-corrected chi connectivity index (χ4v) is 1.60. The third-order valence-electron chi connectivity index (χ3n) is 2.40. The van der Waals surface area contributed by atoms with Crippen LogP contribution in [0.3, 0.4) is 0 Å². The Morgan fingerprint density at radius 3 is 2.89 bits per heavy atom. The van der Waals surface area contributed by atoms with Crippen molar-refractivity contribution < 1.29 is 4.92 Å². The second-order valence-electron chi connectivity index (χ2n) is 3.56. The molecular weight excluding hydrogens is 258 g/mol. The first-order valence-corrected chi connectivity index (χ1v) is 5.47. The SMILES string of the molecule is Cn1nccc1CNc1nc(Cl)ccc1[N+](=O)[O-]. The van der Waals surface area contributed by atoms with E-state index in [0.29, 0.717) is 6.54 Å². The van der Waals surface area contributed by atoms with E-state index in [0.717, 1.165) is 5.69 Å². The minimum absolute atomic E-state index is 0.110. The lowest BCUT2D eigenvalue weighted by Crippen LogP contribution is -2.08. The van der Waals surface area contributed by atoms with Gasteiger partial charge in [0, 0.05) is 19.3 Å². The second-order valence-corrected chi connectivity index (χ2v) is 3.95. The van der Waals surface area contributed by atoms with Crippen LogP contribution in [-0.2, 0) is 13.6 Å². The summed E-state index contributed by atoms with van der Waals surface area (Å²) in [5.74, 6) is 0.147. The van der Waals surface area contributed by atoms with Crippen molar-refractivity contribution in [3.8, 4) is 0 Å². The van der Waals surface area contributed by atoms with Crippen LogP contribution in [0, 0.1) is 10.1 Å². The van der Waals surface area contributed by atoms with E-state index in [4.69, 9.17) is 11.6 Å². The maximum absolute atomic E-state index is 10.8. The zero-order valence-electron chi connectivity index (χ0n) is 9.50. The molecule has 0 radical (unpaired) electrons. The molecule has 0 saturated carbocycles. The summed E-state index contributed by atoms with van der Waals surface area (Å²) in [6.07, 6.45) is 1.65. The van der Waals surface area contributed by atoms with Gasteiger partial charge in [0.1, 0.15) is 5.15 Å². The van der Waals surface area contributed by atoms with Crippen molar-refractivity contribution in [1.82, 2.24) is 14.8 Å². The van der Waals surface area contributed by atoms with Gasteiger partial charge in [-0.1, -0.05) is 11.6 Å². The van der Waals surface area contributed by atoms with Crippen LogP contribution in [0.15, 0.2) is 24.4 Å².